The smallest absolute Gasteiger partial charge is 0.329 e. The maximum atomic E-state index is 12.5. The number of benzene rings is 1. The molecule has 1 atom stereocenters. The van der Waals surface area contributed by atoms with E-state index in [1.165, 1.54) is 12.1 Å². The zero-order chi connectivity index (χ0) is 13.9. The molecule has 0 heterocycles. The first kappa shape index (κ1) is 14.1. The highest BCUT2D eigenvalue weighted by Crippen LogP contribution is 2.30. The maximum absolute atomic E-state index is 12.5. The zero-order valence-corrected chi connectivity index (χ0v) is 10.5. The Morgan fingerprint density at radius 2 is 1.74 bits per heavy atom. The monoisotopic (exact) mass is 270 g/mol. The Morgan fingerprint density at radius 1 is 1.16 bits per heavy atom. The molecular formula is C14H17F3N2. The van der Waals surface area contributed by atoms with E-state index in [1.54, 1.807) is 0 Å². The van der Waals surface area contributed by atoms with Crippen LogP contribution in [-0.2, 0) is 6.18 Å². The molecule has 2 nitrogen and oxygen atoms in total. The predicted molar refractivity (Wildman–Crippen MR) is 68.5 cm³/mol. The first-order valence-electron chi connectivity index (χ1n) is 6.29. The number of halogens is 3. The van der Waals surface area contributed by atoms with Gasteiger partial charge >= 0.3 is 6.18 Å². The third-order valence-corrected chi connectivity index (χ3v) is 3.32. The van der Waals surface area contributed by atoms with Gasteiger partial charge in [-0.3, -0.25) is 0 Å². The summed E-state index contributed by atoms with van der Waals surface area (Å²) >= 11 is 0. The quantitative estimate of drug-likeness (QED) is 0.825. The Kier molecular flexibility index (Phi) is 4.27. The minimum Gasteiger partial charge on any atom is -0.329 e. The lowest BCUT2D eigenvalue weighted by Crippen LogP contribution is -2.35. The lowest BCUT2D eigenvalue weighted by atomic mass is 10.0. The Hall–Kier alpha value is -1.33. The van der Waals surface area contributed by atoms with Crippen molar-refractivity contribution in [3.05, 3.63) is 47.5 Å². The van der Waals surface area contributed by atoms with E-state index in [1.807, 2.05) is 0 Å². The van der Waals surface area contributed by atoms with Gasteiger partial charge in [-0.05, 0) is 30.5 Å². The number of nitrogens with one attached hydrogen (secondary N) is 1. The minimum absolute atomic E-state index is 0.104. The molecule has 0 radical (unpaired) electrons. The fourth-order valence-electron chi connectivity index (χ4n) is 2.24. The van der Waals surface area contributed by atoms with Crippen molar-refractivity contribution >= 4 is 0 Å². The average molecular weight is 270 g/mol. The second-order valence-corrected chi connectivity index (χ2v) is 4.71. The fourth-order valence-corrected chi connectivity index (χ4v) is 2.24. The topological polar surface area (TPSA) is 38.0 Å². The largest absolute Gasteiger partial charge is 0.416 e. The van der Waals surface area contributed by atoms with Gasteiger partial charge in [0.05, 0.1) is 5.56 Å². The molecule has 0 aromatic heterocycles. The van der Waals surface area contributed by atoms with Crippen molar-refractivity contribution < 1.29 is 13.2 Å². The molecule has 2 rings (SSSR count). The van der Waals surface area contributed by atoms with Crippen LogP contribution < -0.4 is 11.1 Å². The highest BCUT2D eigenvalue weighted by molar-refractivity contribution is 5.27. The van der Waals surface area contributed by atoms with Gasteiger partial charge < -0.3 is 11.1 Å². The van der Waals surface area contributed by atoms with Crippen LogP contribution in [0.4, 0.5) is 13.2 Å². The van der Waals surface area contributed by atoms with Gasteiger partial charge in [-0.2, -0.15) is 13.2 Å². The number of alkyl halides is 3. The van der Waals surface area contributed by atoms with Crippen LogP contribution in [0, 0.1) is 0 Å². The van der Waals surface area contributed by atoms with Gasteiger partial charge in [-0.25, -0.2) is 0 Å². The van der Waals surface area contributed by atoms with Crippen LogP contribution in [0.3, 0.4) is 0 Å². The summed E-state index contributed by atoms with van der Waals surface area (Å²) in [6.07, 6.45) is 1.78. The molecule has 1 unspecified atom stereocenters. The molecule has 1 aromatic rings. The molecule has 0 bridgehead atoms. The second kappa shape index (κ2) is 5.75. The summed E-state index contributed by atoms with van der Waals surface area (Å²) in [6.45, 7) is 0.363. The van der Waals surface area contributed by atoms with Crippen LogP contribution in [0.25, 0.3) is 0 Å². The van der Waals surface area contributed by atoms with Gasteiger partial charge in [0.15, 0.2) is 0 Å². The molecule has 1 aliphatic rings. The molecule has 3 N–H and O–H groups in total. The molecule has 5 heteroatoms. The second-order valence-electron chi connectivity index (χ2n) is 4.71. The predicted octanol–water partition coefficient (Wildman–Crippen LogP) is 3.01. The fraction of sp³-hybridized carbons (Fsp3) is 0.429. The molecule has 0 fully saturated rings. The molecule has 0 amide bonds. The van der Waals surface area contributed by atoms with Crippen molar-refractivity contribution in [1.29, 1.82) is 0 Å². The van der Waals surface area contributed by atoms with E-state index < -0.39 is 11.7 Å². The molecule has 0 spiro atoms. The summed E-state index contributed by atoms with van der Waals surface area (Å²) in [5.74, 6) is 0. The van der Waals surface area contributed by atoms with E-state index in [0.29, 0.717) is 12.6 Å². The summed E-state index contributed by atoms with van der Waals surface area (Å²) in [6, 6.07) is 5.42. The third kappa shape index (κ3) is 3.58. The Labute approximate surface area is 110 Å². The van der Waals surface area contributed by atoms with Gasteiger partial charge in [0.1, 0.15) is 0 Å². The number of hydrogen-bond donors (Lipinski definition) is 2. The van der Waals surface area contributed by atoms with E-state index in [9.17, 15) is 13.2 Å². The Balaban J connectivity index is 2.06. The normalized spacial score (nSPS) is 17.9. The number of rotatable bonds is 4. The molecule has 104 valence electrons. The van der Waals surface area contributed by atoms with E-state index in [0.717, 1.165) is 30.5 Å². The molecule has 1 aromatic carbocycles. The van der Waals surface area contributed by atoms with E-state index in [2.05, 4.69) is 17.5 Å². The first-order chi connectivity index (χ1) is 9.00. The highest BCUT2D eigenvalue weighted by Gasteiger charge is 2.30. The van der Waals surface area contributed by atoms with E-state index >= 15 is 0 Å². The lowest BCUT2D eigenvalue weighted by molar-refractivity contribution is -0.137. The summed E-state index contributed by atoms with van der Waals surface area (Å²) < 4.78 is 37.4. The van der Waals surface area contributed by atoms with Gasteiger partial charge in [0.2, 0.25) is 0 Å². The highest BCUT2D eigenvalue weighted by atomic mass is 19.4. The van der Waals surface area contributed by atoms with Crippen molar-refractivity contribution in [2.24, 2.45) is 5.73 Å². The minimum atomic E-state index is -4.29. The molecule has 0 saturated heterocycles. The van der Waals surface area contributed by atoms with Crippen LogP contribution in [0.2, 0.25) is 0 Å². The van der Waals surface area contributed by atoms with Gasteiger partial charge in [-0.1, -0.05) is 24.3 Å². The van der Waals surface area contributed by atoms with Gasteiger partial charge in [-0.15, -0.1) is 0 Å². The molecule has 0 saturated carbocycles. The standard InChI is InChI=1S/C14H17F3N2/c15-14(16,17)11-7-5-10(6-8-11)13(9-18)19-12-3-1-2-4-12/h1-2,5-8,12-13,19H,3-4,9,18H2. The number of hydrogen-bond acceptors (Lipinski definition) is 2. The molecular weight excluding hydrogens is 253 g/mol. The van der Waals surface area contributed by atoms with Crippen molar-refractivity contribution in [1.82, 2.24) is 5.32 Å². The Morgan fingerprint density at radius 3 is 2.21 bits per heavy atom. The van der Waals surface area contributed by atoms with E-state index in [-0.39, 0.29) is 6.04 Å². The summed E-state index contributed by atoms with van der Waals surface area (Å²) in [4.78, 5) is 0. The summed E-state index contributed by atoms with van der Waals surface area (Å²) in [5.41, 5.74) is 5.87. The van der Waals surface area contributed by atoms with Crippen molar-refractivity contribution in [3.63, 3.8) is 0 Å². The maximum Gasteiger partial charge on any atom is 0.416 e. The average Bonchev–Trinajstić information content (AvgIpc) is 2.88. The third-order valence-electron chi connectivity index (χ3n) is 3.32. The van der Waals surface area contributed by atoms with Crippen LogP contribution in [0.1, 0.15) is 30.0 Å². The first-order valence-corrected chi connectivity index (χ1v) is 6.29. The van der Waals surface area contributed by atoms with Crippen molar-refractivity contribution in [2.75, 3.05) is 6.54 Å². The van der Waals surface area contributed by atoms with Crippen LogP contribution in [0.5, 0.6) is 0 Å². The summed E-state index contributed by atoms with van der Waals surface area (Å²) in [5, 5.41) is 3.37. The lowest BCUT2D eigenvalue weighted by Gasteiger charge is -2.22. The molecule has 0 aliphatic heterocycles. The van der Waals surface area contributed by atoms with Crippen molar-refractivity contribution in [2.45, 2.75) is 31.1 Å². The van der Waals surface area contributed by atoms with Gasteiger partial charge in [0.25, 0.3) is 0 Å². The zero-order valence-electron chi connectivity index (χ0n) is 10.5. The van der Waals surface area contributed by atoms with Crippen LogP contribution >= 0.6 is 0 Å². The van der Waals surface area contributed by atoms with Crippen LogP contribution in [0.15, 0.2) is 36.4 Å². The van der Waals surface area contributed by atoms with Crippen molar-refractivity contribution in [3.8, 4) is 0 Å². The van der Waals surface area contributed by atoms with Gasteiger partial charge in [0, 0.05) is 18.6 Å². The summed E-state index contributed by atoms with van der Waals surface area (Å²) in [7, 11) is 0. The Bertz CT molecular complexity index is 429. The SMILES string of the molecule is NCC(NC1CC=CC1)c1ccc(C(F)(F)F)cc1. The molecule has 19 heavy (non-hydrogen) atoms. The number of nitrogens with two attached hydrogens (primary N) is 1. The molecule has 1 aliphatic carbocycles. The van der Waals surface area contributed by atoms with E-state index in [4.69, 9.17) is 5.73 Å². The van der Waals surface area contributed by atoms with Crippen LogP contribution in [-0.4, -0.2) is 12.6 Å².